The number of benzene rings is 2. The largest absolute Gasteiger partial charge is 0.493 e. The summed E-state index contributed by atoms with van der Waals surface area (Å²) in [7, 11) is 4.76. The molecule has 0 bridgehead atoms. The van der Waals surface area contributed by atoms with E-state index in [4.69, 9.17) is 14.2 Å². The van der Waals surface area contributed by atoms with E-state index in [1.807, 2.05) is 17.0 Å². The number of anilines is 1. The average molecular weight is 424 g/mol. The summed E-state index contributed by atoms with van der Waals surface area (Å²) in [5.74, 6) is 1.82. The van der Waals surface area contributed by atoms with E-state index in [2.05, 4.69) is 4.90 Å². The highest BCUT2D eigenvalue weighted by molar-refractivity contribution is 5.54. The zero-order valence-electron chi connectivity index (χ0n) is 17.5. The molecule has 3 rings (SSSR count). The Balaban J connectivity index is 1.58. The van der Waals surface area contributed by atoms with Gasteiger partial charge in [0.25, 0.3) is 0 Å². The molecule has 0 amide bonds. The van der Waals surface area contributed by atoms with Crippen molar-refractivity contribution in [1.29, 1.82) is 0 Å². The summed E-state index contributed by atoms with van der Waals surface area (Å²) in [5.41, 5.74) is 1.09. The summed E-state index contributed by atoms with van der Waals surface area (Å²) in [5, 5.41) is 0. The Morgan fingerprint density at radius 3 is 2.03 bits per heavy atom. The van der Waals surface area contributed by atoms with Gasteiger partial charge in [-0.05, 0) is 42.3 Å². The van der Waals surface area contributed by atoms with E-state index < -0.39 is 11.7 Å². The molecule has 2 aromatic rings. The van der Waals surface area contributed by atoms with Crippen LogP contribution in [0.5, 0.6) is 17.2 Å². The van der Waals surface area contributed by atoms with Gasteiger partial charge in [-0.3, -0.25) is 4.90 Å². The van der Waals surface area contributed by atoms with Crippen LogP contribution in [0.25, 0.3) is 0 Å². The molecule has 30 heavy (non-hydrogen) atoms. The van der Waals surface area contributed by atoms with E-state index in [1.54, 1.807) is 27.4 Å². The van der Waals surface area contributed by atoms with Crippen LogP contribution in [0.3, 0.4) is 0 Å². The van der Waals surface area contributed by atoms with Crippen molar-refractivity contribution < 1.29 is 27.4 Å². The van der Waals surface area contributed by atoms with Crippen LogP contribution in [0.15, 0.2) is 36.4 Å². The van der Waals surface area contributed by atoms with Gasteiger partial charge in [0, 0.05) is 38.4 Å². The number of alkyl halides is 3. The molecule has 5 nitrogen and oxygen atoms in total. The van der Waals surface area contributed by atoms with Crippen molar-refractivity contribution >= 4 is 5.69 Å². The second-order valence-electron chi connectivity index (χ2n) is 7.16. The first-order chi connectivity index (χ1) is 14.4. The molecule has 1 heterocycles. The van der Waals surface area contributed by atoms with Crippen LogP contribution in [-0.2, 0) is 12.6 Å². The summed E-state index contributed by atoms with van der Waals surface area (Å²) in [6, 6.07) is 9.43. The molecule has 1 saturated heterocycles. The molecule has 0 spiro atoms. The lowest BCUT2D eigenvalue weighted by Gasteiger charge is -2.36. The summed E-state index contributed by atoms with van der Waals surface area (Å²) in [6.07, 6.45) is -3.52. The molecule has 0 radical (unpaired) electrons. The molecule has 2 aromatic carbocycles. The van der Waals surface area contributed by atoms with Gasteiger partial charge < -0.3 is 19.1 Å². The quantitative estimate of drug-likeness (QED) is 0.669. The van der Waals surface area contributed by atoms with Gasteiger partial charge in [-0.1, -0.05) is 6.07 Å². The zero-order chi connectivity index (χ0) is 21.7. The number of nitrogens with zero attached hydrogens (tertiary/aromatic N) is 2. The minimum absolute atomic E-state index is 0.568. The van der Waals surface area contributed by atoms with E-state index in [9.17, 15) is 13.2 Å². The standard InChI is InChI=1S/C22H27F3N2O3/c1-28-19-13-16(14-20(29-2)21(19)30-3)7-8-26-9-11-27(12-10-26)18-6-4-5-17(15-18)22(23,24)25/h4-6,13-15H,7-12H2,1-3H3. The monoisotopic (exact) mass is 424 g/mol. The van der Waals surface area contributed by atoms with Gasteiger partial charge in [-0.2, -0.15) is 13.2 Å². The van der Waals surface area contributed by atoms with Crippen molar-refractivity contribution in [2.75, 3.05) is 59.0 Å². The molecule has 0 aliphatic carbocycles. The normalized spacial score (nSPS) is 15.2. The molecule has 0 N–H and O–H groups in total. The maximum Gasteiger partial charge on any atom is 0.416 e. The minimum Gasteiger partial charge on any atom is -0.493 e. The van der Waals surface area contributed by atoms with E-state index in [1.165, 1.54) is 12.1 Å². The molecule has 8 heteroatoms. The van der Waals surface area contributed by atoms with Gasteiger partial charge in [0.1, 0.15) is 0 Å². The van der Waals surface area contributed by atoms with Crippen LogP contribution in [0.1, 0.15) is 11.1 Å². The van der Waals surface area contributed by atoms with E-state index in [0.717, 1.165) is 37.7 Å². The van der Waals surface area contributed by atoms with Crippen molar-refractivity contribution in [3.63, 3.8) is 0 Å². The molecule has 0 unspecified atom stereocenters. The summed E-state index contributed by atoms with van der Waals surface area (Å²) in [6.45, 7) is 3.81. The van der Waals surface area contributed by atoms with Gasteiger partial charge in [0.05, 0.1) is 26.9 Å². The molecule has 0 atom stereocenters. The van der Waals surface area contributed by atoms with Gasteiger partial charge in [0.2, 0.25) is 5.75 Å². The van der Waals surface area contributed by atoms with Gasteiger partial charge in [-0.25, -0.2) is 0 Å². The third kappa shape index (κ3) is 5.11. The van der Waals surface area contributed by atoms with Crippen molar-refractivity contribution in [2.24, 2.45) is 0 Å². The SMILES string of the molecule is COc1cc(CCN2CCN(c3cccc(C(F)(F)F)c3)CC2)cc(OC)c1OC. The smallest absolute Gasteiger partial charge is 0.416 e. The van der Waals surface area contributed by atoms with Crippen LogP contribution >= 0.6 is 0 Å². The maximum absolute atomic E-state index is 13.0. The van der Waals surface area contributed by atoms with Gasteiger partial charge in [0.15, 0.2) is 11.5 Å². The predicted molar refractivity (Wildman–Crippen MR) is 110 cm³/mol. The van der Waals surface area contributed by atoms with Crippen LogP contribution in [0.2, 0.25) is 0 Å². The van der Waals surface area contributed by atoms with Crippen molar-refractivity contribution in [2.45, 2.75) is 12.6 Å². The summed E-state index contributed by atoms with van der Waals surface area (Å²) < 4.78 is 55.0. The first kappa shape index (κ1) is 22.1. The Kier molecular flexibility index (Phi) is 6.97. The van der Waals surface area contributed by atoms with E-state index in [0.29, 0.717) is 36.0 Å². The van der Waals surface area contributed by atoms with Gasteiger partial charge >= 0.3 is 6.18 Å². The highest BCUT2D eigenvalue weighted by Gasteiger charge is 2.31. The number of hydrogen-bond acceptors (Lipinski definition) is 5. The molecular weight excluding hydrogens is 397 g/mol. The number of rotatable bonds is 7. The Labute approximate surface area is 174 Å². The Bertz CT molecular complexity index is 825. The first-order valence-corrected chi connectivity index (χ1v) is 9.79. The van der Waals surface area contributed by atoms with E-state index in [-0.39, 0.29) is 0 Å². The molecule has 1 aliphatic heterocycles. The lowest BCUT2D eigenvalue weighted by Crippen LogP contribution is -2.47. The third-order valence-electron chi connectivity index (χ3n) is 5.35. The van der Waals surface area contributed by atoms with Crippen LogP contribution in [0.4, 0.5) is 18.9 Å². The Morgan fingerprint density at radius 2 is 1.50 bits per heavy atom. The fourth-order valence-electron chi connectivity index (χ4n) is 3.68. The molecule has 1 aliphatic rings. The number of halogens is 3. The van der Waals surface area contributed by atoms with Crippen LogP contribution < -0.4 is 19.1 Å². The fraction of sp³-hybridized carbons (Fsp3) is 0.455. The first-order valence-electron chi connectivity index (χ1n) is 9.79. The maximum atomic E-state index is 13.0. The summed E-state index contributed by atoms with van der Waals surface area (Å²) >= 11 is 0. The second kappa shape index (κ2) is 9.47. The minimum atomic E-state index is -4.32. The third-order valence-corrected chi connectivity index (χ3v) is 5.35. The van der Waals surface area contributed by atoms with Crippen LogP contribution in [0, 0.1) is 0 Å². The Morgan fingerprint density at radius 1 is 0.867 bits per heavy atom. The number of methoxy groups -OCH3 is 3. The number of piperazine rings is 1. The summed E-state index contributed by atoms with van der Waals surface area (Å²) in [4.78, 5) is 4.32. The molecule has 0 saturated carbocycles. The lowest BCUT2D eigenvalue weighted by atomic mass is 10.1. The number of hydrogen-bond donors (Lipinski definition) is 0. The highest BCUT2D eigenvalue weighted by atomic mass is 19.4. The average Bonchev–Trinajstić information content (AvgIpc) is 2.76. The van der Waals surface area contributed by atoms with Crippen molar-refractivity contribution in [3.8, 4) is 17.2 Å². The fourth-order valence-corrected chi connectivity index (χ4v) is 3.68. The lowest BCUT2D eigenvalue weighted by molar-refractivity contribution is -0.137. The highest BCUT2D eigenvalue weighted by Crippen LogP contribution is 2.38. The van der Waals surface area contributed by atoms with Crippen molar-refractivity contribution in [3.05, 3.63) is 47.5 Å². The molecule has 164 valence electrons. The van der Waals surface area contributed by atoms with Crippen molar-refractivity contribution in [1.82, 2.24) is 4.90 Å². The molecule has 0 aromatic heterocycles. The molecular formula is C22H27F3N2O3. The Hall–Kier alpha value is -2.61. The van der Waals surface area contributed by atoms with E-state index >= 15 is 0 Å². The van der Waals surface area contributed by atoms with Crippen LogP contribution in [-0.4, -0.2) is 59.0 Å². The van der Waals surface area contributed by atoms with Gasteiger partial charge in [-0.15, -0.1) is 0 Å². The number of ether oxygens (including phenoxy) is 3. The molecule has 1 fully saturated rings. The second-order valence-corrected chi connectivity index (χ2v) is 7.16. The predicted octanol–water partition coefficient (Wildman–Crippen LogP) is 4.10. The zero-order valence-corrected chi connectivity index (χ0v) is 17.5. The topological polar surface area (TPSA) is 34.2 Å².